The van der Waals surface area contributed by atoms with Crippen LogP contribution in [-0.4, -0.2) is 37.5 Å². The number of sulfonamides is 1. The minimum atomic E-state index is -3.11. The minimum absolute atomic E-state index is 0.407. The fourth-order valence-corrected chi connectivity index (χ4v) is 2.13. The van der Waals surface area contributed by atoms with Crippen molar-refractivity contribution >= 4 is 21.5 Å². The van der Waals surface area contributed by atoms with Crippen molar-refractivity contribution in [3.8, 4) is 0 Å². The van der Waals surface area contributed by atoms with Gasteiger partial charge in [0, 0.05) is 20.1 Å². The summed E-state index contributed by atoms with van der Waals surface area (Å²) in [6.07, 6.45) is 2.61. The first kappa shape index (κ1) is 14.8. The van der Waals surface area contributed by atoms with Gasteiger partial charge in [0.2, 0.25) is 10.0 Å². The second-order valence-electron chi connectivity index (χ2n) is 4.13. The zero-order valence-electron chi connectivity index (χ0n) is 11.0. The Labute approximate surface area is 108 Å². The van der Waals surface area contributed by atoms with Gasteiger partial charge in [0.1, 0.15) is 5.82 Å². The van der Waals surface area contributed by atoms with E-state index in [1.54, 1.807) is 4.68 Å². The van der Waals surface area contributed by atoms with Crippen LogP contribution in [0.1, 0.15) is 19.0 Å². The van der Waals surface area contributed by atoms with Crippen molar-refractivity contribution in [3.05, 3.63) is 5.69 Å². The smallest absolute Gasteiger partial charge is 0.208 e. The maximum Gasteiger partial charge on any atom is 0.208 e. The predicted octanol–water partition coefficient (Wildman–Crippen LogP) is -0.0841. The molecule has 0 aliphatic heterocycles. The Balaban J connectivity index is 2.42. The Hall–Kier alpha value is -1.28. The largest absolute Gasteiger partial charge is 0.394 e. The molecule has 0 saturated carbocycles. The van der Waals surface area contributed by atoms with Gasteiger partial charge in [0.15, 0.2) is 0 Å². The summed E-state index contributed by atoms with van der Waals surface area (Å²) < 4.78 is 25.8. The van der Waals surface area contributed by atoms with Gasteiger partial charge in [-0.2, -0.15) is 5.10 Å². The molecule has 0 atom stereocenters. The summed E-state index contributed by atoms with van der Waals surface area (Å²) in [6.45, 7) is 3.04. The topological polar surface area (TPSA) is 102 Å². The van der Waals surface area contributed by atoms with E-state index >= 15 is 0 Å². The van der Waals surface area contributed by atoms with Crippen molar-refractivity contribution < 1.29 is 8.42 Å². The zero-order valence-corrected chi connectivity index (χ0v) is 11.8. The molecule has 0 bridgehead atoms. The third-order valence-electron chi connectivity index (χ3n) is 2.51. The molecule has 1 aromatic rings. The number of hydrogen-bond acceptors (Lipinski definition) is 5. The van der Waals surface area contributed by atoms with Crippen LogP contribution in [-0.2, 0) is 23.5 Å². The number of rotatable bonds is 7. The summed E-state index contributed by atoms with van der Waals surface area (Å²) in [6, 6.07) is 0. The number of nitrogens with two attached hydrogens (primary N) is 1. The summed E-state index contributed by atoms with van der Waals surface area (Å²) in [5.41, 5.74) is 7.47. The summed E-state index contributed by atoms with van der Waals surface area (Å²) in [7, 11) is -1.28. The molecule has 0 fully saturated rings. The van der Waals surface area contributed by atoms with Gasteiger partial charge in [0.25, 0.3) is 0 Å². The molecule has 0 aromatic carbocycles. The first-order chi connectivity index (χ1) is 8.35. The molecule has 0 aliphatic carbocycles. The average Bonchev–Trinajstić information content (AvgIpc) is 2.53. The number of nitrogens with one attached hydrogen (secondary N) is 2. The van der Waals surface area contributed by atoms with Crippen LogP contribution in [0.2, 0.25) is 0 Å². The molecular formula is C10H21N5O2S. The van der Waals surface area contributed by atoms with Crippen molar-refractivity contribution in [1.82, 2.24) is 14.5 Å². The zero-order chi connectivity index (χ0) is 13.8. The Kier molecular flexibility index (Phi) is 4.97. The van der Waals surface area contributed by atoms with Gasteiger partial charge in [-0.15, -0.1) is 0 Å². The second-order valence-corrected chi connectivity index (χ2v) is 5.97. The highest BCUT2D eigenvalue weighted by atomic mass is 32.2. The first-order valence-corrected chi connectivity index (χ1v) is 7.74. The molecule has 1 rings (SSSR count). The molecule has 0 amide bonds. The van der Waals surface area contributed by atoms with Crippen molar-refractivity contribution in [2.45, 2.75) is 19.8 Å². The molecule has 0 spiro atoms. The number of aryl methyl sites for hydroxylation is 2. The van der Waals surface area contributed by atoms with Crippen LogP contribution in [0.5, 0.6) is 0 Å². The van der Waals surface area contributed by atoms with Gasteiger partial charge >= 0.3 is 0 Å². The van der Waals surface area contributed by atoms with Crippen LogP contribution in [0.25, 0.3) is 0 Å². The van der Waals surface area contributed by atoms with Crippen molar-refractivity contribution in [1.29, 1.82) is 0 Å². The molecule has 0 radical (unpaired) electrons. The first-order valence-electron chi connectivity index (χ1n) is 5.85. The molecule has 7 nitrogen and oxygen atoms in total. The average molecular weight is 275 g/mol. The SMILES string of the molecule is CCc1nn(C)c(NCCCNS(C)(=O)=O)c1N. The number of hydrogen-bond donors (Lipinski definition) is 3. The van der Waals surface area contributed by atoms with E-state index in [4.69, 9.17) is 5.73 Å². The molecule has 18 heavy (non-hydrogen) atoms. The highest BCUT2D eigenvalue weighted by Crippen LogP contribution is 2.21. The number of nitrogen functional groups attached to an aromatic ring is 1. The van der Waals surface area contributed by atoms with E-state index in [2.05, 4.69) is 15.1 Å². The number of anilines is 2. The number of nitrogens with zero attached hydrogens (tertiary/aromatic N) is 2. The van der Waals surface area contributed by atoms with Crippen LogP contribution in [0.4, 0.5) is 11.5 Å². The molecule has 1 heterocycles. The second kappa shape index (κ2) is 6.05. The van der Waals surface area contributed by atoms with Crippen LogP contribution in [0, 0.1) is 0 Å². The van der Waals surface area contributed by atoms with Crippen LogP contribution in [0.15, 0.2) is 0 Å². The predicted molar refractivity (Wildman–Crippen MR) is 73.0 cm³/mol. The number of aromatic nitrogens is 2. The summed E-state index contributed by atoms with van der Waals surface area (Å²) in [5, 5.41) is 7.45. The molecule has 0 aliphatic rings. The van der Waals surface area contributed by atoms with Gasteiger partial charge in [-0.3, -0.25) is 4.68 Å². The van der Waals surface area contributed by atoms with E-state index in [9.17, 15) is 8.42 Å². The van der Waals surface area contributed by atoms with Crippen LogP contribution in [0.3, 0.4) is 0 Å². The van der Waals surface area contributed by atoms with Crippen molar-refractivity contribution in [2.24, 2.45) is 7.05 Å². The highest BCUT2D eigenvalue weighted by molar-refractivity contribution is 7.88. The summed E-state index contributed by atoms with van der Waals surface area (Å²) in [4.78, 5) is 0. The Morgan fingerprint density at radius 2 is 2.06 bits per heavy atom. The minimum Gasteiger partial charge on any atom is -0.394 e. The lowest BCUT2D eigenvalue weighted by Crippen LogP contribution is -2.24. The molecular weight excluding hydrogens is 254 g/mol. The van der Waals surface area contributed by atoms with Crippen molar-refractivity contribution in [2.75, 3.05) is 30.4 Å². The summed E-state index contributed by atoms with van der Waals surface area (Å²) >= 11 is 0. The Morgan fingerprint density at radius 1 is 1.39 bits per heavy atom. The molecule has 8 heteroatoms. The van der Waals surface area contributed by atoms with E-state index in [0.29, 0.717) is 25.2 Å². The van der Waals surface area contributed by atoms with Gasteiger partial charge in [-0.05, 0) is 12.8 Å². The van der Waals surface area contributed by atoms with Gasteiger partial charge in [0.05, 0.1) is 17.6 Å². The fourth-order valence-electron chi connectivity index (χ4n) is 1.62. The van der Waals surface area contributed by atoms with Crippen LogP contribution >= 0.6 is 0 Å². The molecule has 0 unspecified atom stereocenters. The van der Waals surface area contributed by atoms with Crippen molar-refractivity contribution in [3.63, 3.8) is 0 Å². The third-order valence-corrected chi connectivity index (χ3v) is 3.23. The van der Waals surface area contributed by atoms with Gasteiger partial charge in [-0.1, -0.05) is 6.92 Å². The molecule has 1 aromatic heterocycles. The van der Waals surface area contributed by atoms with Gasteiger partial charge in [-0.25, -0.2) is 13.1 Å². The monoisotopic (exact) mass is 275 g/mol. The van der Waals surface area contributed by atoms with E-state index in [0.717, 1.165) is 24.2 Å². The maximum atomic E-state index is 10.8. The van der Waals surface area contributed by atoms with Crippen LogP contribution < -0.4 is 15.8 Å². The van der Waals surface area contributed by atoms with E-state index in [1.807, 2.05) is 14.0 Å². The van der Waals surface area contributed by atoms with Gasteiger partial charge < -0.3 is 11.1 Å². The lowest BCUT2D eigenvalue weighted by atomic mass is 10.3. The quantitative estimate of drug-likeness (QED) is 0.604. The molecule has 4 N–H and O–H groups in total. The lowest BCUT2D eigenvalue weighted by molar-refractivity contribution is 0.586. The maximum absolute atomic E-state index is 10.8. The molecule has 104 valence electrons. The molecule has 0 saturated heterocycles. The van der Waals surface area contributed by atoms with E-state index in [-0.39, 0.29) is 0 Å². The van der Waals surface area contributed by atoms with E-state index < -0.39 is 10.0 Å². The normalized spacial score (nSPS) is 11.7. The standard InChI is InChI=1S/C10H21N5O2S/c1-4-8-9(11)10(15(2)14-8)12-6-5-7-13-18(3,16)17/h12-13H,4-7,11H2,1-3H3. The Bertz CT molecular complexity index is 495. The van der Waals surface area contributed by atoms with E-state index in [1.165, 1.54) is 0 Å². The fraction of sp³-hybridized carbons (Fsp3) is 0.700. The summed E-state index contributed by atoms with van der Waals surface area (Å²) in [5.74, 6) is 0.784. The Morgan fingerprint density at radius 3 is 2.56 bits per heavy atom. The highest BCUT2D eigenvalue weighted by Gasteiger charge is 2.10. The lowest BCUT2D eigenvalue weighted by Gasteiger charge is -2.07. The third kappa shape index (κ3) is 4.19.